The summed E-state index contributed by atoms with van der Waals surface area (Å²) in [5.41, 5.74) is 3.32. The molecular weight excluding hydrogens is 372 g/mol. The van der Waals surface area contributed by atoms with Crippen molar-refractivity contribution in [2.45, 2.75) is 19.2 Å². The molecule has 0 aliphatic rings. The number of hydrogen-bond donors (Lipinski definition) is 2. The predicted molar refractivity (Wildman–Crippen MR) is 112 cm³/mol. The van der Waals surface area contributed by atoms with Crippen molar-refractivity contribution >= 4 is 29.3 Å². The first-order valence-corrected chi connectivity index (χ1v) is 10.1. The monoisotopic (exact) mass is 394 g/mol. The van der Waals surface area contributed by atoms with Crippen LogP contribution in [0.5, 0.6) is 0 Å². The van der Waals surface area contributed by atoms with E-state index in [-0.39, 0.29) is 11.8 Å². The minimum atomic E-state index is -0.264. The third kappa shape index (κ3) is 5.76. The Balaban J connectivity index is 1.52. The molecule has 1 aromatic heterocycles. The van der Waals surface area contributed by atoms with E-state index >= 15 is 0 Å². The third-order valence-electron chi connectivity index (χ3n) is 4.07. The first-order chi connectivity index (χ1) is 13.6. The number of carbonyl (C=O) groups is 2. The Kier molecular flexibility index (Phi) is 6.92. The second-order valence-corrected chi connectivity index (χ2v) is 7.32. The highest BCUT2D eigenvalue weighted by Gasteiger charge is 2.13. The zero-order chi connectivity index (χ0) is 19.8. The van der Waals surface area contributed by atoms with Crippen LogP contribution in [0.3, 0.4) is 0 Å². The molecule has 0 fully saturated rings. The lowest BCUT2D eigenvalue weighted by Gasteiger charge is -2.11. The highest BCUT2D eigenvalue weighted by atomic mass is 32.2. The van der Waals surface area contributed by atoms with Crippen LogP contribution in [0.15, 0.2) is 71.3 Å². The van der Waals surface area contributed by atoms with Gasteiger partial charge in [0.2, 0.25) is 5.91 Å². The molecule has 0 aliphatic heterocycles. The number of furan rings is 1. The molecule has 144 valence electrons. The van der Waals surface area contributed by atoms with Crippen molar-refractivity contribution < 1.29 is 14.0 Å². The van der Waals surface area contributed by atoms with Crippen LogP contribution >= 0.6 is 11.8 Å². The number of rotatable bonds is 8. The lowest BCUT2D eigenvalue weighted by atomic mass is 10.1. The number of nitrogens with one attached hydrogen (secondary N) is 2. The second kappa shape index (κ2) is 9.80. The van der Waals surface area contributed by atoms with Gasteiger partial charge in [-0.3, -0.25) is 9.59 Å². The van der Waals surface area contributed by atoms with Gasteiger partial charge in [-0.05, 0) is 36.8 Å². The fraction of sp³-hybridized carbons (Fsp3) is 0.182. The van der Waals surface area contributed by atoms with Crippen LogP contribution in [0.25, 0.3) is 0 Å². The molecule has 2 N–H and O–H groups in total. The molecule has 3 aromatic rings. The molecule has 0 bridgehead atoms. The first kappa shape index (κ1) is 19.8. The molecule has 0 radical (unpaired) electrons. The van der Waals surface area contributed by atoms with Crippen LogP contribution in [0.4, 0.5) is 5.69 Å². The van der Waals surface area contributed by atoms with Gasteiger partial charge in [0.25, 0.3) is 5.91 Å². The van der Waals surface area contributed by atoms with E-state index in [1.54, 1.807) is 42.7 Å². The second-order valence-electron chi connectivity index (χ2n) is 6.33. The van der Waals surface area contributed by atoms with E-state index in [2.05, 4.69) is 34.9 Å². The summed E-state index contributed by atoms with van der Waals surface area (Å²) >= 11 is 1.54. The maximum atomic E-state index is 12.5. The average molecular weight is 394 g/mol. The van der Waals surface area contributed by atoms with E-state index < -0.39 is 0 Å². The number of thioether (sulfide) groups is 1. The topological polar surface area (TPSA) is 71.3 Å². The van der Waals surface area contributed by atoms with Crippen LogP contribution < -0.4 is 10.6 Å². The summed E-state index contributed by atoms with van der Waals surface area (Å²) in [6.45, 7) is 2.34. The van der Waals surface area contributed by atoms with Crippen molar-refractivity contribution in [1.29, 1.82) is 0 Å². The lowest BCUT2D eigenvalue weighted by Crippen LogP contribution is -2.25. The summed E-state index contributed by atoms with van der Waals surface area (Å²) in [5, 5.41) is 5.63. The van der Waals surface area contributed by atoms with Crippen molar-refractivity contribution in [3.8, 4) is 0 Å². The van der Waals surface area contributed by atoms with E-state index in [1.807, 2.05) is 6.92 Å². The maximum Gasteiger partial charge on any atom is 0.253 e. The van der Waals surface area contributed by atoms with E-state index in [0.717, 1.165) is 5.75 Å². The Bertz CT molecular complexity index is 921. The Hall–Kier alpha value is -2.99. The maximum absolute atomic E-state index is 12.5. The summed E-state index contributed by atoms with van der Waals surface area (Å²) in [6.07, 6.45) is 1.56. The molecule has 2 aromatic carbocycles. The molecule has 3 rings (SSSR count). The third-order valence-corrected chi connectivity index (χ3v) is 5.08. The van der Waals surface area contributed by atoms with Gasteiger partial charge < -0.3 is 15.1 Å². The SMILES string of the molecule is Cc1ccc(CSCC(=O)Nc2ccccc2C(=O)NCc2ccco2)cc1. The number of amides is 2. The summed E-state index contributed by atoms with van der Waals surface area (Å²) in [4.78, 5) is 24.8. The molecule has 28 heavy (non-hydrogen) atoms. The molecule has 2 amide bonds. The normalized spacial score (nSPS) is 10.5. The van der Waals surface area contributed by atoms with E-state index in [9.17, 15) is 9.59 Å². The molecule has 5 nitrogen and oxygen atoms in total. The Morgan fingerprint density at radius 1 is 1.00 bits per heavy atom. The fourth-order valence-corrected chi connectivity index (χ4v) is 3.39. The van der Waals surface area contributed by atoms with Gasteiger partial charge in [0.1, 0.15) is 5.76 Å². The number of para-hydroxylation sites is 1. The largest absolute Gasteiger partial charge is 0.467 e. The molecule has 0 saturated carbocycles. The number of hydrogen-bond acceptors (Lipinski definition) is 4. The van der Waals surface area contributed by atoms with Gasteiger partial charge in [-0.15, -0.1) is 11.8 Å². The number of anilines is 1. The highest BCUT2D eigenvalue weighted by Crippen LogP contribution is 2.17. The minimum absolute atomic E-state index is 0.136. The predicted octanol–water partition coefficient (Wildman–Crippen LogP) is 4.39. The van der Waals surface area contributed by atoms with Crippen molar-refractivity contribution in [2.24, 2.45) is 0 Å². The molecule has 0 unspecified atom stereocenters. The molecule has 1 heterocycles. The molecule has 0 saturated heterocycles. The fourth-order valence-electron chi connectivity index (χ4n) is 2.60. The minimum Gasteiger partial charge on any atom is -0.467 e. The van der Waals surface area contributed by atoms with Gasteiger partial charge in [-0.25, -0.2) is 0 Å². The van der Waals surface area contributed by atoms with Crippen LogP contribution in [0.1, 0.15) is 27.2 Å². The van der Waals surface area contributed by atoms with Gasteiger partial charge in [-0.1, -0.05) is 42.0 Å². The van der Waals surface area contributed by atoms with Gasteiger partial charge in [0.15, 0.2) is 0 Å². The molecule has 0 aliphatic carbocycles. The first-order valence-electron chi connectivity index (χ1n) is 8.94. The van der Waals surface area contributed by atoms with Gasteiger partial charge in [0, 0.05) is 5.75 Å². The van der Waals surface area contributed by atoms with Crippen LogP contribution in [-0.4, -0.2) is 17.6 Å². The van der Waals surface area contributed by atoms with Gasteiger partial charge in [-0.2, -0.15) is 0 Å². The molecule has 0 atom stereocenters. The smallest absolute Gasteiger partial charge is 0.253 e. The van der Waals surface area contributed by atoms with Crippen LogP contribution in [0, 0.1) is 6.92 Å². The Morgan fingerprint density at radius 3 is 2.54 bits per heavy atom. The standard InChI is InChI=1S/C22H22N2O3S/c1-16-8-10-17(11-9-16)14-28-15-21(25)24-20-7-3-2-6-19(20)22(26)23-13-18-5-4-12-27-18/h2-12H,13-15H2,1H3,(H,23,26)(H,24,25). The molecule has 6 heteroatoms. The van der Waals surface area contributed by atoms with E-state index in [1.165, 1.54) is 22.9 Å². The average Bonchev–Trinajstić information content (AvgIpc) is 3.22. The van der Waals surface area contributed by atoms with Gasteiger partial charge >= 0.3 is 0 Å². The van der Waals surface area contributed by atoms with Crippen LogP contribution in [-0.2, 0) is 17.1 Å². The van der Waals surface area contributed by atoms with Crippen molar-refractivity contribution in [2.75, 3.05) is 11.1 Å². The number of carbonyl (C=O) groups excluding carboxylic acids is 2. The summed E-state index contributed by atoms with van der Waals surface area (Å²) < 4.78 is 5.21. The number of aryl methyl sites for hydroxylation is 1. The Labute approximate surface area is 168 Å². The number of benzene rings is 2. The summed E-state index contributed by atoms with van der Waals surface area (Å²) in [7, 11) is 0. The van der Waals surface area contributed by atoms with Crippen molar-refractivity contribution in [1.82, 2.24) is 5.32 Å². The van der Waals surface area contributed by atoms with Crippen LogP contribution in [0.2, 0.25) is 0 Å². The zero-order valence-electron chi connectivity index (χ0n) is 15.6. The molecule has 0 spiro atoms. The quantitative estimate of drug-likeness (QED) is 0.594. The molecular formula is C22H22N2O3S. The van der Waals surface area contributed by atoms with E-state index in [4.69, 9.17) is 4.42 Å². The summed E-state index contributed by atoms with van der Waals surface area (Å²) in [5.74, 6) is 1.35. The summed E-state index contributed by atoms with van der Waals surface area (Å²) in [6, 6.07) is 18.8. The van der Waals surface area contributed by atoms with Crippen molar-refractivity contribution in [3.63, 3.8) is 0 Å². The van der Waals surface area contributed by atoms with Crippen molar-refractivity contribution in [3.05, 3.63) is 89.4 Å². The lowest BCUT2D eigenvalue weighted by molar-refractivity contribution is -0.113. The van der Waals surface area contributed by atoms with E-state index in [0.29, 0.717) is 29.3 Å². The van der Waals surface area contributed by atoms with Gasteiger partial charge in [0.05, 0.1) is 29.8 Å². The highest BCUT2D eigenvalue weighted by molar-refractivity contribution is 7.99. The zero-order valence-corrected chi connectivity index (χ0v) is 16.4. The Morgan fingerprint density at radius 2 is 1.79 bits per heavy atom.